The first kappa shape index (κ1) is 18.9. The van der Waals surface area contributed by atoms with E-state index in [2.05, 4.69) is 0 Å². The lowest BCUT2D eigenvalue weighted by Crippen LogP contribution is -2.42. The van der Waals surface area contributed by atoms with E-state index in [-0.39, 0.29) is 11.5 Å². The van der Waals surface area contributed by atoms with Gasteiger partial charge >= 0.3 is 5.69 Å². The van der Waals surface area contributed by atoms with Crippen LogP contribution in [0.1, 0.15) is 18.1 Å². The molecular weight excluding hydrogens is 368 g/mol. The Morgan fingerprint density at radius 3 is 2.33 bits per heavy atom. The number of ether oxygens (including phenoxy) is 1. The van der Waals surface area contributed by atoms with Crippen LogP contribution < -0.4 is 11.2 Å². The number of halogens is 1. The Balaban J connectivity index is 2.05. The van der Waals surface area contributed by atoms with Gasteiger partial charge in [-0.1, -0.05) is 65.7 Å². The summed E-state index contributed by atoms with van der Waals surface area (Å²) in [6.07, 6.45) is 0.344. The summed E-state index contributed by atoms with van der Waals surface area (Å²) in [4.78, 5) is 24.9. The highest BCUT2D eigenvalue weighted by Gasteiger charge is 2.19. The van der Waals surface area contributed by atoms with Gasteiger partial charge in [-0.05, 0) is 29.7 Å². The zero-order valence-electron chi connectivity index (χ0n) is 14.8. The molecule has 6 nitrogen and oxygen atoms in total. The van der Waals surface area contributed by atoms with Crippen LogP contribution in [-0.4, -0.2) is 14.5 Å². The minimum atomic E-state index is -0.852. The smallest absolute Gasteiger partial charge is 0.366 e. The van der Waals surface area contributed by atoms with Gasteiger partial charge in [0.25, 0.3) is 5.56 Å². The largest absolute Gasteiger partial charge is 0.421 e. The molecular formula is C20H19ClN2O4. The van der Waals surface area contributed by atoms with Crippen LogP contribution in [0, 0.1) is 0 Å². The standard InChI is InChI=1S/C20H19ClN2O4/c1-2-17-18(15-8-10-16(21)11-9-15)22(20(25)23(26)19(17)24)13-27-12-14-6-4-3-5-7-14/h3-11,26H,2,12-13H2,1H3. The van der Waals surface area contributed by atoms with E-state index in [0.717, 1.165) is 5.56 Å². The maximum Gasteiger partial charge on any atom is 0.366 e. The van der Waals surface area contributed by atoms with Gasteiger partial charge in [-0.3, -0.25) is 9.36 Å². The second-order valence-corrected chi connectivity index (χ2v) is 6.41. The van der Waals surface area contributed by atoms with Crippen LogP contribution >= 0.6 is 11.6 Å². The Labute approximate surface area is 160 Å². The van der Waals surface area contributed by atoms with E-state index < -0.39 is 11.2 Å². The summed E-state index contributed by atoms with van der Waals surface area (Å²) in [5, 5.41) is 10.5. The molecule has 1 heterocycles. The summed E-state index contributed by atoms with van der Waals surface area (Å²) in [6.45, 7) is 1.97. The minimum absolute atomic E-state index is 0.112. The highest BCUT2D eigenvalue weighted by molar-refractivity contribution is 6.30. The highest BCUT2D eigenvalue weighted by Crippen LogP contribution is 2.23. The van der Waals surface area contributed by atoms with E-state index >= 15 is 0 Å². The van der Waals surface area contributed by atoms with Crippen molar-refractivity contribution in [3.8, 4) is 11.3 Å². The van der Waals surface area contributed by atoms with Gasteiger partial charge in [0, 0.05) is 10.6 Å². The Morgan fingerprint density at radius 2 is 1.70 bits per heavy atom. The molecule has 3 rings (SSSR count). The molecule has 0 radical (unpaired) electrons. The van der Waals surface area contributed by atoms with E-state index in [9.17, 15) is 14.8 Å². The van der Waals surface area contributed by atoms with E-state index in [0.29, 0.717) is 34.9 Å². The Morgan fingerprint density at radius 1 is 1.04 bits per heavy atom. The average Bonchev–Trinajstić information content (AvgIpc) is 2.69. The highest BCUT2D eigenvalue weighted by atomic mass is 35.5. The van der Waals surface area contributed by atoms with Gasteiger partial charge in [-0.2, -0.15) is 0 Å². The normalized spacial score (nSPS) is 10.9. The fourth-order valence-corrected chi connectivity index (χ4v) is 3.02. The number of benzene rings is 2. The van der Waals surface area contributed by atoms with Crippen molar-refractivity contribution >= 4 is 11.6 Å². The minimum Gasteiger partial charge on any atom is -0.421 e. The number of hydrogen-bond acceptors (Lipinski definition) is 4. The van der Waals surface area contributed by atoms with Crippen LogP contribution in [0.25, 0.3) is 11.3 Å². The number of aromatic nitrogens is 2. The van der Waals surface area contributed by atoms with Crippen molar-refractivity contribution in [3.05, 3.63) is 91.6 Å². The Bertz CT molecular complexity index is 1040. The molecule has 0 saturated heterocycles. The van der Waals surface area contributed by atoms with Crippen molar-refractivity contribution in [1.82, 2.24) is 9.30 Å². The molecule has 2 aromatic carbocycles. The molecule has 140 valence electrons. The van der Waals surface area contributed by atoms with Crippen molar-refractivity contribution in [3.63, 3.8) is 0 Å². The monoisotopic (exact) mass is 386 g/mol. The molecule has 0 bridgehead atoms. The fourth-order valence-electron chi connectivity index (χ4n) is 2.89. The first-order valence-electron chi connectivity index (χ1n) is 8.48. The van der Waals surface area contributed by atoms with Gasteiger partial charge in [0.05, 0.1) is 12.3 Å². The van der Waals surface area contributed by atoms with Gasteiger partial charge < -0.3 is 9.94 Å². The third-order valence-electron chi connectivity index (χ3n) is 4.22. The van der Waals surface area contributed by atoms with Gasteiger partial charge in [0.1, 0.15) is 6.73 Å². The van der Waals surface area contributed by atoms with E-state index in [4.69, 9.17) is 16.3 Å². The van der Waals surface area contributed by atoms with Crippen molar-refractivity contribution in [2.75, 3.05) is 0 Å². The van der Waals surface area contributed by atoms with Gasteiger partial charge in [0.15, 0.2) is 0 Å². The first-order valence-corrected chi connectivity index (χ1v) is 8.86. The third-order valence-corrected chi connectivity index (χ3v) is 4.47. The number of rotatable bonds is 6. The van der Waals surface area contributed by atoms with Crippen molar-refractivity contribution < 1.29 is 9.94 Å². The maximum atomic E-state index is 12.5. The lowest BCUT2D eigenvalue weighted by molar-refractivity contribution is 0.0532. The van der Waals surface area contributed by atoms with Crippen LogP contribution in [0.3, 0.4) is 0 Å². The van der Waals surface area contributed by atoms with Crippen molar-refractivity contribution in [2.24, 2.45) is 0 Å². The number of hydrogen-bond donors (Lipinski definition) is 1. The summed E-state index contributed by atoms with van der Waals surface area (Å²) in [5.74, 6) is 0. The molecule has 0 saturated carbocycles. The van der Waals surface area contributed by atoms with Crippen LogP contribution in [0.5, 0.6) is 0 Å². The third kappa shape index (κ3) is 3.97. The lowest BCUT2D eigenvalue weighted by Gasteiger charge is -2.17. The predicted octanol–water partition coefficient (Wildman–Crippen LogP) is 3.30. The summed E-state index contributed by atoms with van der Waals surface area (Å²) in [7, 11) is 0. The molecule has 1 N–H and O–H groups in total. The zero-order chi connectivity index (χ0) is 19.4. The van der Waals surface area contributed by atoms with Crippen LogP contribution in [0.15, 0.2) is 64.2 Å². The molecule has 0 aliphatic heterocycles. The lowest BCUT2D eigenvalue weighted by atomic mass is 10.0. The second-order valence-electron chi connectivity index (χ2n) is 5.98. The average molecular weight is 387 g/mol. The molecule has 0 fully saturated rings. The van der Waals surface area contributed by atoms with Gasteiger partial charge in [-0.15, -0.1) is 0 Å². The second kappa shape index (κ2) is 8.24. The number of nitrogens with zero attached hydrogens (tertiary/aromatic N) is 2. The Kier molecular flexibility index (Phi) is 5.78. The zero-order valence-corrected chi connectivity index (χ0v) is 15.5. The fraction of sp³-hybridized carbons (Fsp3) is 0.200. The quantitative estimate of drug-likeness (QED) is 0.660. The molecule has 0 aliphatic rings. The molecule has 27 heavy (non-hydrogen) atoms. The summed E-state index contributed by atoms with van der Waals surface area (Å²) in [6, 6.07) is 16.3. The molecule has 0 amide bonds. The molecule has 0 aliphatic carbocycles. The topological polar surface area (TPSA) is 73.5 Å². The van der Waals surface area contributed by atoms with Gasteiger partial charge in [-0.25, -0.2) is 4.79 Å². The van der Waals surface area contributed by atoms with E-state index in [1.807, 2.05) is 30.3 Å². The Hall–Kier alpha value is -2.83. The molecule has 7 heteroatoms. The molecule has 0 unspecified atom stereocenters. The van der Waals surface area contributed by atoms with Gasteiger partial charge in [0.2, 0.25) is 0 Å². The van der Waals surface area contributed by atoms with E-state index in [1.165, 1.54) is 4.57 Å². The van der Waals surface area contributed by atoms with Crippen molar-refractivity contribution in [2.45, 2.75) is 26.7 Å². The van der Waals surface area contributed by atoms with Crippen LogP contribution in [0.2, 0.25) is 5.02 Å². The van der Waals surface area contributed by atoms with Crippen LogP contribution in [-0.2, 0) is 24.5 Å². The molecule has 3 aromatic rings. The first-order chi connectivity index (χ1) is 13.0. The summed E-state index contributed by atoms with van der Waals surface area (Å²) >= 11 is 5.95. The van der Waals surface area contributed by atoms with E-state index in [1.54, 1.807) is 31.2 Å². The predicted molar refractivity (Wildman–Crippen MR) is 103 cm³/mol. The molecule has 0 spiro atoms. The SMILES string of the molecule is CCc1c(-c2ccc(Cl)cc2)n(COCc2ccccc2)c(=O)n(O)c1=O. The van der Waals surface area contributed by atoms with Crippen molar-refractivity contribution in [1.29, 1.82) is 0 Å². The maximum absolute atomic E-state index is 12.5. The summed E-state index contributed by atoms with van der Waals surface area (Å²) < 4.78 is 7.06. The molecule has 0 atom stereocenters. The van der Waals surface area contributed by atoms with Crippen LogP contribution in [0.4, 0.5) is 0 Å². The summed E-state index contributed by atoms with van der Waals surface area (Å²) in [5.41, 5.74) is 0.758. The molecule has 1 aromatic heterocycles.